The number of halogens is 1. The first-order valence-corrected chi connectivity index (χ1v) is 8.83. The third kappa shape index (κ3) is 2.31. The van der Waals surface area contributed by atoms with E-state index in [2.05, 4.69) is 0 Å². The van der Waals surface area contributed by atoms with Crippen molar-refractivity contribution in [2.45, 2.75) is 29.2 Å². The summed E-state index contributed by atoms with van der Waals surface area (Å²) in [6.07, 6.45) is 0.801. The molecule has 4 nitrogen and oxygen atoms in total. The Labute approximate surface area is 148 Å². The SMILES string of the molecule is O=C1CC[C@@]2(C(=O)OCc3ccccc3Cl)Sc3ccccc3N12. The van der Waals surface area contributed by atoms with Crippen LogP contribution in [0.4, 0.5) is 5.69 Å². The number of hydrogen-bond donors (Lipinski definition) is 0. The number of benzene rings is 2. The molecule has 0 radical (unpaired) electrons. The molecule has 2 aliphatic rings. The lowest BCUT2D eigenvalue weighted by Gasteiger charge is -2.28. The number of esters is 1. The van der Waals surface area contributed by atoms with Gasteiger partial charge in [-0.1, -0.05) is 53.7 Å². The Morgan fingerprint density at radius 2 is 1.96 bits per heavy atom. The summed E-state index contributed by atoms with van der Waals surface area (Å²) in [5.41, 5.74) is 1.54. The smallest absolute Gasteiger partial charge is 0.343 e. The Morgan fingerprint density at radius 1 is 1.21 bits per heavy atom. The summed E-state index contributed by atoms with van der Waals surface area (Å²) in [7, 11) is 0. The standard InChI is InChI=1S/C18H14ClNO3S/c19-13-6-2-1-5-12(13)11-23-17(22)18-10-9-16(21)20(18)14-7-3-4-8-15(14)24-18/h1-8H,9-11H2/t18-/m0/s1. The fourth-order valence-corrected chi connectivity index (χ4v) is 4.75. The number of thioether (sulfide) groups is 1. The average Bonchev–Trinajstić information content (AvgIpc) is 3.10. The van der Waals surface area contributed by atoms with Gasteiger partial charge in [0.2, 0.25) is 5.91 Å². The maximum Gasteiger partial charge on any atom is 0.343 e. The maximum atomic E-state index is 12.9. The second-order valence-electron chi connectivity index (χ2n) is 5.75. The number of ether oxygens (including phenoxy) is 1. The lowest BCUT2D eigenvalue weighted by Crippen LogP contribution is -2.47. The number of anilines is 1. The van der Waals surface area contributed by atoms with Crippen LogP contribution < -0.4 is 4.90 Å². The first kappa shape index (κ1) is 15.5. The highest BCUT2D eigenvalue weighted by molar-refractivity contribution is 8.02. The molecule has 0 aromatic heterocycles. The molecule has 2 aromatic carbocycles. The Hall–Kier alpha value is -1.98. The van der Waals surface area contributed by atoms with Crippen molar-refractivity contribution in [2.24, 2.45) is 0 Å². The molecule has 0 bridgehead atoms. The molecule has 0 aliphatic carbocycles. The third-order valence-electron chi connectivity index (χ3n) is 4.31. The van der Waals surface area contributed by atoms with Gasteiger partial charge in [-0.05, 0) is 18.2 Å². The average molecular weight is 360 g/mol. The van der Waals surface area contributed by atoms with Crippen molar-refractivity contribution in [3.05, 3.63) is 59.1 Å². The molecule has 2 heterocycles. The van der Waals surface area contributed by atoms with Crippen molar-refractivity contribution >= 4 is 40.9 Å². The van der Waals surface area contributed by atoms with E-state index >= 15 is 0 Å². The molecule has 0 saturated carbocycles. The fourth-order valence-electron chi connectivity index (χ4n) is 3.14. The van der Waals surface area contributed by atoms with Gasteiger partial charge in [0, 0.05) is 28.3 Å². The summed E-state index contributed by atoms with van der Waals surface area (Å²) in [5.74, 6) is -0.434. The van der Waals surface area contributed by atoms with Crippen LogP contribution in [0.5, 0.6) is 0 Å². The minimum absolute atomic E-state index is 0.0397. The van der Waals surface area contributed by atoms with E-state index in [9.17, 15) is 9.59 Å². The van der Waals surface area contributed by atoms with Gasteiger partial charge in [-0.25, -0.2) is 4.79 Å². The van der Waals surface area contributed by atoms with E-state index in [1.807, 2.05) is 42.5 Å². The molecule has 1 atom stereocenters. The second kappa shape index (κ2) is 5.83. The summed E-state index contributed by atoms with van der Waals surface area (Å²) >= 11 is 7.52. The predicted molar refractivity (Wildman–Crippen MR) is 93.0 cm³/mol. The van der Waals surface area contributed by atoms with Crippen LogP contribution in [0.1, 0.15) is 18.4 Å². The lowest BCUT2D eigenvalue weighted by atomic mass is 10.2. The van der Waals surface area contributed by atoms with Crippen molar-refractivity contribution in [1.82, 2.24) is 0 Å². The number of para-hydroxylation sites is 1. The van der Waals surface area contributed by atoms with Gasteiger partial charge in [0.15, 0.2) is 4.87 Å². The molecule has 1 saturated heterocycles. The number of fused-ring (bicyclic) bond motifs is 3. The van der Waals surface area contributed by atoms with E-state index in [-0.39, 0.29) is 12.5 Å². The zero-order valence-corrected chi connectivity index (χ0v) is 14.3. The minimum Gasteiger partial charge on any atom is -0.458 e. The highest BCUT2D eigenvalue weighted by Gasteiger charge is 2.58. The lowest BCUT2D eigenvalue weighted by molar-refractivity contribution is -0.148. The number of carbonyl (C=O) groups is 2. The summed E-state index contributed by atoms with van der Waals surface area (Å²) in [6.45, 7) is 0.0964. The number of hydrogen-bond acceptors (Lipinski definition) is 4. The third-order valence-corrected chi connectivity index (χ3v) is 6.13. The van der Waals surface area contributed by atoms with Crippen LogP contribution in [0.15, 0.2) is 53.4 Å². The Morgan fingerprint density at radius 3 is 2.79 bits per heavy atom. The van der Waals surface area contributed by atoms with E-state index in [0.717, 1.165) is 16.1 Å². The molecule has 1 fully saturated rings. The molecule has 2 aliphatic heterocycles. The highest BCUT2D eigenvalue weighted by atomic mass is 35.5. The second-order valence-corrected chi connectivity index (χ2v) is 7.48. The van der Waals surface area contributed by atoms with E-state index in [1.54, 1.807) is 11.0 Å². The van der Waals surface area contributed by atoms with Crippen LogP contribution in [0, 0.1) is 0 Å². The molecule has 0 unspecified atom stereocenters. The van der Waals surface area contributed by atoms with Gasteiger partial charge in [0.1, 0.15) is 6.61 Å². The van der Waals surface area contributed by atoms with Gasteiger partial charge < -0.3 is 4.74 Å². The van der Waals surface area contributed by atoms with Crippen molar-refractivity contribution < 1.29 is 14.3 Å². The van der Waals surface area contributed by atoms with Crippen LogP contribution in [-0.2, 0) is 20.9 Å². The summed E-state index contributed by atoms with van der Waals surface area (Å²) in [4.78, 5) is 26.8. The number of amides is 1. The van der Waals surface area contributed by atoms with Crippen LogP contribution in [0.3, 0.4) is 0 Å². The number of carbonyl (C=O) groups excluding carboxylic acids is 2. The van der Waals surface area contributed by atoms with Gasteiger partial charge in [-0.15, -0.1) is 0 Å². The van der Waals surface area contributed by atoms with Crippen molar-refractivity contribution in [3.63, 3.8) is 0 Å². The molecule has 24 heavy (non-hydrogen) atoms. The van der Waals surface area contributed by atoms with E-state index < -0.39 is 10.8 Å². The van der Waals surface area contributed by atoms with E-state index in [4.69, 9.17) is 16.3 Å². The summed E-state index contributed by atoms with van der Waals surface area (Å²) in [5, 5.41) is 0.560. The fraction of sp³-hybridized carbons (Fsp3) is 0.222. The van der Waals surface area contributed by atoms with Gasteiger partial charge in [0.25, 0.3) is 0 Å². The molecule has 122 valence electrons. The predicted octanol–water partition coefficient (Wildman–Crippen LogP) is 4.01. The zero-order chi connectivity index (χ0) is 16.7. The van der Waals surface area contributed by atoms with Crippen LogP contribution in [0.2, 0.25) is 5.02 Å². The molecule has 4 rings (SSSR count). The number of nitrogens with zero attached hydrogens (tertiary/aromatic N) is 1. The minimum atomic E-state index is -0.984. The van der Waals surface area contributed by atoms with Gasteiger partial charge in [-0.2, -0.15) is 0 Å². The molecule has 0 N–H and O–H groups in total. The maximum absolute atomic E-state index is 12.9. The molecule has 6 heteroatoms. The first-order chi connectivity index (χ1) is 11.6. The van der Waals surface area contributed by atoms with E-state index in [1.165, 1.54) is 11.8 Å². The Bertz CT molecular complexity index is 841. The molecule has 2 aromatic rings. The molecule has 1 amide bonds. The topological polar surface area (TPSA) is 46.6 Å². The van der Waals surface area contributed by atoms with Crippen molar-refractivity contribution in [1.29, 1.82) is 0 Å². The van der Waals surface area contributed by atoms with Crippen LogP contribution in [-0.4, -0.2) is 16.7 Å². The normalized spacial score (nSPS) is 21.5. The largest absolute Gasteiger partial charge is 0.458 e. The van der Waals surface area contributed by atoms with E-state index in [0.29, 0.717) is 17.9 Å². The van der Waals surface area contributed by atoms with Crippen molar-refractivity contribution in [3.8, 4) is 0 Å². The zero-order valence-electron chi connectivity index (χ0n) is 12.7. The first-order valence-electron chi connectivity index (χ1n) is 7.63. The Balaban J connectivity index is 1.60. The van der Waals surface area contributed by atoms with Crippen molar-refractivity contribution in [2.75, 3.05) is 4.90 Å². The Kier molecular flexibility index (Phi) is 3.77. The molecule has 0 spiro atoms. The van der Waals surface area contributed by atoms with Crippen LogP contribution in [0.25, 0.3) is 0 Å². The molecular weight excluding hydrogens is 346 g/mol. The van der Waals surface area contributed by atoms with Gasteiger partial charge >= 0.3 is 5.97 Å². The quantitative estimate of drug-likeness (QED) is 0.777. The van der Waals surface area contributed by atoms with Crippen LogP contribution >= 0.6 is 23.4 Å². The molecular formula is C18H14ClNO3S. The van der Waals surface area contributed by atoms with Gasteiger partial charge in [-0.3, -0.25) is 9.69 Å². The summed E-state index contributed by atoms with van der Waals surface area (Å²) < 4.78 is 5.54. The monoisotopic (exact) mass is 359 g/mol. The summed E-state index contributed by atoms with van der Waals surface area (Å²) in [6, 6.07) is 14.8. The van der Waals surface area contributed by atoms with Gasteiger partial charge in [0.05, 0.1) is 5.69 Å². The highest BCUT2D eigenvalue weighted by Crippen LogP contribution is 2.56. The number of rotatable bonds is 3.